The molecule has 4 heteroatoms. The molecule has 0 saturated carbocycles. The van der Waals surface area contributed by atoms with Gasteiger partial charge in [0.25, 0.3) is 0 Å². The third-order valence-corrected chi connectivity index (χ3v) is 3.40. The Labute approximate surface area is 111 Å². The van der Waals surface area contributed by atoms with Crippen molar-refractivity contribution in [3.05, 3.63) is 45.8 Å². The molecule has 2 rings (SSSR count). The molecule has 0 atom stereocenters. The van der Waals surface area contributed by atoms with Crippen molar-refractivity contribution in [1.29, 1.82) is 0 Å². The summed E-state index contributed by atoms with van der Waals surface area (Å²) in [6.07, 6.45) is 1.94. The molecule has 0 aromatic carbocycles. The van der Waals surface area contributed by atoms with Crippen LogP contribution in [-0.4, -0.2) is 10.1 Å². The smallest absolute Gasteiger partial charge is 0.214 e. The summed E-state index contributed by atoms with van der Waals surface area (Å²) in [5.74, 6) is 0.596. The second kappa shape index (κ2) is 6.52. The van der Waals surface area contributed by atoms with Crippen molar-refractivity contribution in [3.8, 4) is 5.88 Å². The second-order valence-corrected chi connectivity index (χ2v) is 5.11. The zero-order valence-electron chi connectivity index (χ0n) is 10.4. The Balaban J connectivity index is 2.08. The molecule has 2 aromatic rings. The monoisotopic (exact) mass is 263 g/mol. The number of hydrogen-bond donors (Lipinski definition) is 1. The molecular weight excluding hydrogens is 246 g/mol. The van der Waals surface area contributed by atoms with Crippen LogP contribution in [0.15, 0.2) is 29.6 Å². The summed E-state index contributed by atoms with van der Waals surface area (Å²) in [5, 5.41) is 11.3. The predicted molar refractivity (Wildman–Crippen MR) is 72.8 cm³/mol. The first-order chi connectivity index (χ1) is 8.81. The summed E-state index contributed by atoms with van der Waals surface area (Å²) >= 11 is 1.66. The van der Waals surface area contributed by atoms with Crippen molar-refractivity contribution < 1.29 is 9.84 Å². The van der Waals surface area contributed by atoms with E-state index in [9.17, 15) is 5.11 Å². The van der Waals surface area contributed by atoms with Gasteiger partial charge in [0.15, 0.2) is 0 Å². The molecule has 2 aromatic heterocycles. The van der Waals surface area contributed by atoms with Crippen LogP contribution in [-0.2, 0) is 19.6 Å². The molecule has 0 aliphatic carbocycles. The number of nitrogens with zero attached hydrogens (tertiary/aromatic N) is 1. The zero-order chi connectivity index (χ0) is 12.8. The highest BCUT2D eigenvalue weighted by Gasteiger charge is 2.04. The summed E-state index contributed by atoms with van der Waals surface area (Å²) in [4.78, 5) is 5.61. The van der Waals surface area contributed by atoms with Crippen molar-refractivity contribution in [3.63, 3.8) is 0 Å². The Bertz CT molecular complexity index is 483. The van der Waals surface area contributed by atoms with E-state index in [0.29, 0.717) is 12.5 Å². The van der Waals surface area contributed by atoms with E-state index < -0.39 is 0 Å². The molecule has 0 bridgehead atoms. The van der Waals surface area contributed by atoms with E-state index >= 15 is 0 Å². The van der Waals surface area contributed by atoms with Gasteiger partial charge < -0.3 is 9.84 Å². The number of hydrogen-bond acceptors (Lipinski definition) is 4. The largest absolute Gasteiger partial charge is 0.472 e. The van der Waals surface area contributed by atoms with Gasteiger partial charge in [0, 0.05) is 16.6 Å². The maximum atomic E-state index is 9.23. The van der Waals surface area contributed by atoms with E-state index in [4.69, 9.17) is 4.74 Å². The van der Waals surface area contributed by atoms with Gasteiger partial charge in [-0.3, -0.25) is 0 Å². The number of rotatable bonds is 6. The lowest BCUT2D eigenvalue weighted by molar-refractivity contribution is 0.275. The van der Waals surface area contributed by atoms with Crippen molar-refractivity contribution in [2.75, 3.05) is 0 Å². The van der Waals surface area contributed by atoms with Crippen molar-refractivity contribution in [2.45, 2.75) is 33.0 Å². The fraction of sp³-hybridized carbons (Fsp3) is 0.357. The second-order valence-electron chi connectivity index (χ2n) is 4.08. The number of aromatic nitrogens is 1. The van der Waals surface area contributed by atoms with Crippen LogP contribution in [0.2, 0.25) is 0 Å². The number of pyridine rings is 1. The minimum atomic E-state index is 0.0224. The normalized spacial score (nSPS) is 10.6. The summed E-state index contributed by atoms with van der Waals surface area (Å²) in [6.45, 7) is 2.67. The molecule has 0 amide bonds. The van der Waals surface area contributed by atoms with Crippen molar-refractivity contribution in [1.82, 2.24) is 4.98 Å². The highest BCUT2D eigenvalue weighted by Crippen LogP contribution is 2.17. The lowest BCUT2D eigenvalue weighted by Crippen LogP contribution is -2.00. The van der Waals surface area contributed by atoms with Crippen LogP contribution in [0.4, 0.5) is 0 Å². The molecule has 3 nitrogen and oxygen atoms in total. The molecule has 0 fully saturated rings. The lowest BCUT2D eigenvalue weighted by Gasteiger charge is -2.08. The first-order valence-electron chi connectivity index (χ1n) is 6.07. The standard InChI is InChI=1S/C14H17NO2S/c1-2-4-12-7-11(9-16)8-14(15-12)17-10-13-5-3-6-18-13/h3,5-8,16H,2,4,9-10H2,1H3. The van der Waals surface area contributed by atoms with Gasteiger partial charge in [-0.25, -0.2) is 4.98 Å². The molecule has 1 N–H and O–H groups in total. The molecule has 0 radical (unpaired) electrons. The Morgan fingerprint density at radius 2 is 2.28 bits per heavy atom. The van der Waals surface area contributed by atoms with Gasteiger partial charge in [0.2, 0.25) is 5.88 Å². The first kappa shape index (κ1) is 13.1. The lowest BCUT2D eigenvalue weighted by atomic mass is 10.2. The number of ether oxygens (including phenoxy) is 1. The minimum absolute atomic E-state index is 0.0224. The highest BCUT2D eigenvalue weighted by molar-refractivity contribution is 7.09. The summed E-state index contributed by atoms with van der Waals surface area (Å²) in [7, 11) is 0. The van der Waals surface area contributed by atoms with Gasteiger partial charge in [-0.15, -0.1) is 11.3 Å². The van der Waals surface area contributed by atoms with Crippen LogP contribution in [0.1, 0.15) is 29.5 Å². The average molecular weight is 263 g/mol. The van der Waals surface area contributed by atoms with Gasteiger partial charge in [-0.05, 0) is 29.5 Å². The molecule has 0 aliphatic rings. The van der Waals surface area contributed by atoms with Crippen LogP contribution in [0.25, 0.3) is 0 Å². The molecule has 96 valence electrons. The summed E-state index contributed by atoms with van der Waals surface area (Å²) in [5.41, 5.74) is 1.83. The van der Waals surface area contributed by atoms with Gasteiger partial charge in [-0.2, -0.15) is 0 Å². The number of aliphatic hydroxyl groups excluding tert-OH is 1. The quantitative estimate of drug-likeness (QED) is 0.870. The Hall–Kier alpha value is -1.39. The van der Waals surface area contributed by atoms with Crippen LogP contribution in [0, 0.1) is 0 Å². The van der Waals surface area contributed by atoms with E-state index in [-0.39, 0.29) is 6.61 Å². The fourth-order valence-corrected chi connectivity index (χ4v) is 2.33. The van der Waals surface area contributed by atoms with Crippen LogP contribution >= 0.6 is 11.3 Å². The highest BCUT2D eigenvalue weighted by atomic mass is 32.1. The topological polar surface area (TPSA) is 42.4 Å². The molecule has 0 saturated heterocycles. The number of thiophene rings is 1. The molecule has 0 unspecified atom stereocenters. The molecular formula is C14H17NO2S. The van der Waals surface area contributed by atoms with Gasteiger partial charge >= 0.3 is 0 Å². The molecule has 0 spiro atoms. The van der Waals surface area contributed by atoms with E-state index in [1.807, 2.05) is 23.6 Å². The maximum Gasteiger partial charge on any atom is 0.214 e. The van der Waals surface area contributed by atoms with E-state index in [1.54, 1.807) is 17.4 Å². The summed E-state index contributed by atoms with van der Waals surface area (Å²) < 4.78 is 5.67. The SMILES string of the molecule is CCCc1cc(CO)cc(OCc2cccs2)n1. The zero-order valence-corrected chi connectivity index (χ0v) is 11.2. The van der Waals surface area contributed by atoms with Crippen LogP contribution in [0.5, 0.6) is 5.88 Å². The maximum absolute atomic E-state index is 9.23. The third kappa shape index (κ3) is 3.55. The number of aliphatic hydroxyl groups is 1. The first-order valence-corrected chi connectivity index (χ1v) is 6.95. The van der Waals surface area contributed by atoms with E-state index in [0.717, 1.165) is 24.1 Å². The molecule has 2 heterocycles. The van der Waals surface area contributed by atoms with Crippen molar-refractivity contribution >= 4 is 11.3 Å². The van der Waals surface area contributed by atoms with E-state index in [1.165, 1.54) is 4.88 Å². The van der Waals surface area contributed by atoms with Crippen molar-refractivity contribution in [2.24, 2.45) is 0 Å². The van der Waals surface area contributed by atoms with Gasteiger partial charge in [0.05, 0.1) is 6.61 Å². The summed E-state index contributed by atoms with van der Waals surface area (Å²) in [6, 6.07) is 7.77. The van der Waals surface area contributed by atoms with Gasteiger partial charge in [-0.1, -0.05) is 19.4 Å². The van der Waals surface area contributed by atoms with E-state index in [2.05, 4.69) is 11.9 Å². The molecule has 18 heavy (non-hydrogen) atoms. The number of aryl methyl sites for hydroxylation is 1. The van der Waals surface area contributed by atoms with Crippen LogP contribution < -0.4 is 4.74 Å². The molecule has 0 aliphatic heterocycles. The predicted octanol–water partition coefficient (Wildman–Crippen LogP) is 3.17. The Morgan fingerprint density at radius 3 is 2.94 bits per heavy atom. The van der Waals surface area contributed by atoms with Gasteiger partial charge in [0.1, 0.15) is 6.61 Å². The third-order valence-electron chi connectivity index (χ3n) is 2.55. The Morgan fingerprint density at radius 1 is 1.39 bits per heavy atom. The fourth-order valence-electron chi connectivity index (χ4n) is 1.71. The Kier molecular flexibility index (Phi) is 4.73. The van der Waals surface area contributed by atoms with Crippen LogP contribution in [0.3, 0.4) is 0 Å². The average Bonchev–Trinajstić information content (AvgIpc) is 2.89. The minimum Gasteiger partial charge on any atom is -0.472 e.